The fourth-order valence-electron chi connectivity index (χ4n) is 1.83. The summed E-state index contributed by atoms with van der Waals surface area (Å²) in [5.74, 6) is 0.257. The Morgan fingerprint density at radius 1 is 1.53 bits per heavy atom. The molecule has 0 amide bonds. The largest absolute Gasteiger partial charge is 0.369 e. The number of sulfonamides is 1. The van der Waals surface area contributed by atoms with Gasteiger partial charge in [0.15, 0.2) is 0 Å². The number of nitrogens with two attached hydrogens (primary N) is 1. The topological polar surface area (TPSA) is 114 Å². The standard InChI is InChI=1S/C11H13N5O2S/c1-19(17,18)14-5-6-16-9-4-2-3-8(7-12)10(9)15-11(16)13/h2-4,14H,5-6H2,1H3,(H2,13,15). The summed E-state index contributed by atoms with van der Waals surface area (Å²) in [6, 6.07) is 7.24. The molecule has 0 aliphatic rings. The van der Waals surface area contributed by atoms with E-state index in [1.807, 2.05) is 6.07 Å². The Morgan fingerprint density at radius 2 is 2.26 bits per heavy atom. The van der Waals surface area contributed by atoms with Gasteiger partial charge in [-0.3, -0.25) is 0 Å². The van der Waals surface area contributed by atoms with Crippen molar-refractivity contribution in [3.05, 3.63) is 23.8 Å². The van der Waals surface area contributed by atoms with Crippen molar-refractivity contribution >= 4 is 27.0 Å². The van der Waals surface area contributed by atoms with Crippen LogP contribution in [0.2, 0.25) is 0 Å². The number of hydrogen-bond donors (Lipinski definition) is 2. The molecule has 1 aromatic carbocycles. The lowest BCUT2D eigenvalue weighted by Crippen LogP contribution is -2.26. The number of para-hydroxylation sites is 1. The van der Waals surface area contributed by atoms with Gasteiger partial charge in [0.05, 0.1) is 17.3 Å². The van der Waals surface area contributed by atoms with Crippen LogP contribution in [-0.4, -0.2) is 30.8 Å². The summed E-state index contributed by atoms with van der Waals surface area (Å²) in [6.07, 6.45) is 1.09. The Bertz CT molecular complexity index is 757. The van der Waals surface area contributed by atoms with E-state index in [1.54, 1.807) is 22.8 Å². The second kappa shape index (κ2) is 4.87. The lowest BCUT2D eigenvalue weighted by atomic mass is 10.2. The zero-order valence-electron chi connectivity index (χ0n) is 10.3. The number of nitrogen functional groups attached to an aromatic ring is 1. The van der Waals surface area contributed by atoms with Crippen LogP contribution in [0.25, 0.3) is 11.0 Å². The Balaban J connectivity index is 2.34. The van der Waals surface area contributed by atoms with Crippen LogP contribution < -0.4 is 10.5 Å². The molecule has 3 N–H and O–H groups in total. The minimum Gasteiger partial charge on any atom is -0.369 e. The lowest BCUT2D eigenvalue weighted by molar-refractivity contribution is 0.581. The van der Waals surface area contributed by atoms with Crippen molar-refractivity contribution in [3.63, 3.8) is 0 Å². The van der Waals surface area contributed by atoms with E-state index in [0.29, 0.717) is 23.1 Å². The van der Waals surface area contributed by atoms with Crippen LogP contribution in [0.5, 0.6) is 0 Å². The maximum absolute atomic E-state index is 11.0. The Morgan fingerprint density at radius 3 is 2.89 bits per heavy atom. The quantitative estimate of drug-likeness (QED) is 0.820. The van der Waals surface area contributed by atoms with Crippen LogP contribution in [0.4, 0.5) is 5.95 Å². The number of benzene rings is 1. The summed E-state index contributed by atoms with van der Waals surface area (Å²) in [4.78, 5) is 4.14. The Labute approximate surface area is 110 Å². The predicted molar refractivity (Wildman–Crippen MR) is 71.7 cm³/mol. The van der Waals surface area contributed by atoms with Crippen molar-refractivity contribution in [1.29, 1.82) is 5.26 Å². The highest BCUT2D eigenvalue weighted by Crippen LogP contribution is 2.20. The first-order valence-electron chi connectivity index (χ1n) is 5.52. The molecule has 1 aromatic heterocycles. The van der Waals surface area contributed by atoms with E-state index in [9.17, 15) is 8.42 Å². The normalized spacial score (nSPS) is 11.6. The number of anilines is 1. The fourth-order valence-corrected chi connectivity index (χ4v) is 2.30. The SMILES string of the molecule is CS(=O)(=O)NCCn1c(N)nc2c(C#N)cccc21. The van der Waals surface area contributed by atoms with E-state index in [1.165, 1.54) is 0 Å². The first-order valence-corrected chi connectivity index (χ1v) is 7.41. The van der Waals surface area contributed by atoms with Gasteiger partial charge in [-0.15, -0.1) is 0 Å². The van der Waals surface area contributed by atoms with Crippen LogP contribution in [0.15, 0.2) is 18.2 Å². The number of fused-ring (bicyclic) bond motifs is 1. The molecule has 0 bridgehead atoms. The highest BCUT2D eigenvalue weighted by molar-refractivity contribution is 7.88. The predicted octanol–water partition coefficient (Wildman–Crippen LogP) is 0.0394. The third-order valence-electron chi connectivity index (χ3n) is 2.63. The maximum Gasteiger partial charge on any atom is 0.208 e. The number of nitriles is 1. The molecule has 19 heavy (non-hydrogen) atoms. The van der Waals surface area contributed by atoms with Crippen LogP contribution in [0.1, 0.15) is 5.56 Å². The molecular weight excluding hydrogens is 266 g/mol. The van der Waals surface area contributed by atoms with Crippen molar-refractivity contribution in [3.8, 4) is 6.07 Å². The average Bonchev–Trinajstić information content (AvgIpc) is 2.64. The highest BCUT2D eigenvalue weighted by Gasteiger charge is 2.11. The van der Waals surface area contributed by atoms with Crippen LogP contribution in [0, 0.1) is 11.3 Å². The van der Waals surface area contributed by atoms with Gasteiger partial charge in [-0.25, -0.2) is 18.1 Å². The van der Waals surface area contributed by atoms with Crippen LogP contribution >= 0.6 is 0 Å². The third kappa shape index (κ3) is 2.83. The molecule has 100 valence electrons. The summed E-state index contributed by atoms with van der Waals surface area (Å²) < 4.78 is 26.1. The van der Waals surface area contributed by atoms with Gasteiger partial charge in [0.1, 0.15) is 11.6 Å². The molecule has 0 spiro atoms. The number of rotatable bonds is 4. The molecule has 2 rings (SSSR count). The van der Waals surface area contributed by atoms with Crippen LogP contribution in [-0.2, 0) is 16.6 Å². The summed E-state index contributed by atoms with van der Waals surface area (Å²) >= 11 is 0. The smallest absolute Gasteiger partial charge is 0.208 e. The van der Waals surface area contributed by atoms with Crippen molar-refractivity contribution in [2.24, 2.45) is 0 Å². The molecule has 0 saturated heterocycles. The van der Waals surface area contributed by atoms with Gasteiger partial charge in [-0.2, -0.15) is 5.26 Å². The molecule has 0 atom stereocenters. The summed E-state index contributed by atoms with van der Waals surface area (Å²) in [6.45, 7) is 0.565. The van der Waals surface area contributed by atoms with Crippen LogP contribution in [0.3, 0.4) is 0 Å². The number of imidazole rings is 1. The van der Waals surface area contributed by atoms with E-state index in [-0.39, 0.29) is 12.5 Å². The van der Waals surface area contributed by atoms with Crippen molar-refractivity contribution in [1.82, 2.24) is 14.3 Å². The fraction of sp³-hybridized carbons (Fsp3) is 0.273. The highest BCUT2D eigenvalue weighted by atomic mass is 32.2. The molecule has 0 unspecified atom stereocenters. The molecule has 0 aliphatic heterocycles. The molecule has 0 radical (unpaired) electrons. The maximum atomic E-state index is 11.0. The van der Waals surface area contributed by atoms with Gasteiger partial charge >= 0.3 is 0 Å². The number of nitrogens with zero attached hydrogens (tertiary/aromatic N) is 3. The van der Waals surface area contributed by atoms with E-state index in [4.69, 9.17) is 11.0 Å². The van der Waals surface area contributed by atoms with Gasteiger partial charge in [-0.1, -0.05) is 6.07 Å². The molecule has 1 heterocycles. The molecule has 0 aliphatic carbocycles. The molecule has 2 aromatic rings. The minimum absolute atomic E-state index is 0.214. The second-order valence-corrected chi connectivity index (χ2v) is 5.91. The van der Waals surface area contributed by atoms with Crippen molar-refractivity contribution in [2.45, 2.75) is 6.54 Å². The third-order valence-corrected chi connectivity index (χ3v) is 3.36. The zero-order valence-corrected chi connectivity index (χ0v) is 11.1. The molecule has 0 saturated carbocycles. The van der Waals surface area contributed by atoms with E-state index in [0.717, 1.165) is 6.26 Å². The first-order chi connectivity index (χ1) is 8.92. The van der Waals surface area contributed by atoms with Gasteiger partial charge in [0.2, 0.25) is 16.0 Å². The molecule has 7 nitrogen and oxygen atoms in total. The monoisotopic (exact) mass is 279 g/mol. The van der Waals surface area contributed by atoms with E-state index in [2.05, 4.69) is 9.71 Å². The number of aromatic nitrogens is 2. The average molecular weight is 279 g/mol. The Hall–Kier alpha value is -2.11. The van der Waals surface area contributed by atoms with Gasteiger partial charge in [0.25, 0.3) is 0 Å². The van der Waals surface area contributed by atoms with E-state index < -0.39 is 10.0 Å². The first kappa shape index (κ1) is 13.3. The van der Waals surface area contributed by atoms with Gasteiger partial charge in [0, 0.05) is 13.1 Å². The number of nitrogens with one attached hydrogen (secondary N) is 1. The van der Waals surface area contributed by atoms with Gasteiger partial charge < -0.3 is 10.3 Å². The molecule has 8 heteroatoms. The minimum atomic E-state index is -3.23. The molecule has 0 fully saturated rings. The zero-order chi connectivity index (χ0) is 14.0. The lowest BCUT2D eigenvalue weighted by Gasteiger charge is -2.06. The summed E-state index contributed by atoms with van der Waals surface area (Å²) in [5.41, 5.74) is 7.48. The van der Waals surface area contributed by atoms with Crippen molar-refractivity contribution < 1.29 is 8.42 Å². The molecular formula is C11H13N5O2S. The second-order valence-electron chi connectivity index (χ2n) is 4.07. The summed E-state index contributed by atoms with van der Waals surface area (Å²) in [5, 5.41) is 8.99. The summed E-state index contributed by atoms with van der Waals surface area (Å²) in [7, 11) is -3.23. The van der Waals surface area contributed by atoms with Crippen molar-refractivity contribution in [2.75, 3.05) is 18.5 Å². The van der Waals surface area contributed by atoms with E-state index >= 15 is 0 Å². The number of hydrogen-bond acceptors (Lipinski definition) is 5. The van der Waals surface area contributed by atoms with Gasteiger partial charge in [-0.05, 0) is 12.1 Å². The Kier molecular flexibility index (Phi) is 3.42.